The number of hydrogen-bond acceptors (Lipinski definition) is 3. The van der Waals surface area contributed by atoms with Crippen LogP contribution in [0.5, 0.6) is 0 Å². The molecule has 1 aliphatic heterocycles. The molecule has 1 aliphatic carbocycles. The van der Waals surface area contributed by atoms with Gasteiger partial charge in [0.25, 0.3) is 5.91 Å². The molecule has 0 bridgehead atoms. The molecule has 1 aromatic carbocycles. The Balaban J connectivity index is 1.50. The molecule has 134 valence electrons. The van der Waals surface area contributed by atoms with E-state index in [1.54, 1.807) is 17.2 Å². The van der Waals surface area contributed by atoms with Gasteiger partial charge in [0.15, 0.2) is 0 Å². The lowest BCUT2D eigenvalue weighted by Crippen LogP contribution is -2.62. The fourth-order valence-corrected chi connectivity index (χ4v) is 4.38. The van der Waals surface area contributed by atoms with E-state index < -0.39 is 0 Å². The molecule has 5 nitrogen and oxygen atoms in total. The molecule has 1 amide bonds. The maximum absolute atomic E-state index is 13.5. The molecule has 1 saturated heterocycles. The third-order valence-electron chi connectivity index (χ3n) is 5.97. The first-order chi connectivity index (χ1) is 12.0. The molecule has 4 rings (SSSR count). The van der Waals surface area contributed by atoms with Crippen LogP contribution < -0.4 is 0 Å². The molecule has 0 radical (unpaired) electrons. The molecule has 2 N–H and O–H groups in total. The SMILES string of the molecule is CCO[C@H]1C[C@H](O)C12CCN(C(=O)c1c[nH]c3ccc(F)cc13)CC2. The largest absolute Gasteiger partial charge is 0.392 e. The number of carbonyl (C=O) groups excluding carboxylic acids is 1. The van der Waals surface area contributed by atoms with Crippen molar-refractivity contribution in [2.75, 3.05) is 19.7 Å². The summed E-state index contributed by atoms with van der Waals surface area (Å²) in [6.07, 6.45) is 3.56. The highest BCUT2D eigenvalue weighted by Gasteiger charge is 2.56. The maximum atomic E-state index is 13.5. The second-order valence-corrected chi connectivity index (χ2v) is 7.11. The summed E-state index contributed by atoms with van der Waals surface area (Å²) in [5.74, 6) is -0.440. The van der Waals surface area contributed by atoms with E-state index in [1.807, 2.05) is 6.92 Å². The lowest BCUT2D eigenvalue weighted by Gasteiger charge is -2.56. The Kier molecular flexibility index (Phi) is 4.04. The smallest absolute Gasteiger partial charge is 0.256 e. The number of likely N-dealkylation sites (tertiary alicyclic amines) is 1. The number of fused-ring (bicyclic) bond motifs is 1. The number of aromatic nitrogens is 1. The average Bonchev–Trinajstić information content (AvgIpc) is 3.04. The number of aliphatic hydroxyl groups is 1. The first-order valence-electron chi connectivity index (χ1n) is 8.91. The van der Waals surface area contributed by atoms with Crippen LogP contribution in [-0.2, 0) is 4.74 Å². The number of carbonyl (C=O) groups is 1. The topological polar surface area (TPSA) is 65.6 Å². The van der Waals surface area contributed by atoms with Crippen molar-refractivity contribution in [2.24, 2.45) is 5.41 Å². The zero-order chi connectivity index (χ0) is 17.6. The van der Waals surface area contributed by atoms with E-state index in [9.17, 15) is 14.3 Å². The standard InChI is InChI=1S/C19H23FN2O3/c1-2-25-17-10-16(23)19(17)5-7-22(8-6-19)18(24)14-11-21-15-4-3-12(20)9-13(14)15/h3-4,9,11,16-17,21,23H,2,5-8,10H2,1H3/t16-,17-/m0/s1. The lowest BCUT2D eigenvalue weighted by molar-refractivity contribution is -0.207. The quantitative estimate of drug-likeness (QED) is 0.898. The Hall–Kier alpha value is -1.92. The van der Waals surface area contributed by atoms with Crippen LogP contribution >= 0.6 is 0 Å². The fourth-order valence-electron chi connectivity index (χ4n) is 4.38. The first kappa shape index (κ1) is 16.5. The van der Waals surface area contributed by atoms with E-state index in [0.717, 1.165) is 18.4 Å². The number of amides is 1. The van der Waals surface area contributed by atoms with Gasteiger partial charge in [-0.3, -0.25) is 4.79 Å². The summed E-state index contributed by atoms with van der Waals surface area (Å²) in [6, 6.07) is 4.42. The van der Waals surface area contributed by atoms with Gasteiger partial charge in [0.2, 0.25) is 0 Å². The third-order valence-corrected chi connectivity index (χ3v) is 5.97. The van der Waals surface area contributed by atoms with Gasteiger partial charge in [-0.15, -0.1) is 0 Å². The highest BCUT2D eigenvalue weighted by molar-refractivity contribution is 6.06. The number of aliphatic hydroxyl groups excluding tert-OH is 1. The van der Waals surface area contributed by atoms with Gasteiger partial charge < -0.3 is 19.7 Å². The number of benzene rings is 1. The summed E-state index contributed by atoms with van der Waals surface area (Å²) in [5.41, 5.74) is 1.05. The van der Waals surface area contributed by atoms with Crippen molar-refractivity contribution < 1.29 is 19.0 Å². The number of hydrogen-bond donors (Lipinski definition) is 2. The highest BCUT2D eigenvalue weighted by atomic mass is 19.1. The predicted molar refractivity (Wildman–Crippen MR) is 91.9 cm³/mol. The minimum Gasteiger partial charge on any atom is -0.392 e. The molecule has 2 heterocycles. The Morgan fingerprint density at radius 2 is 2.20 bits per heavy atom. The van der Waals surface area contributed by atoms with E-state index in [2.05, 4.69) is 4.98 Å². The Morgan fingerprint density at radius 1 is 1.44 bits per heavy atom. The monoisotopic (exact) mass is 346 g/mol. The molecule has 2 atom stereocenters. The van der Waals surface area contributed by atoms with Crippen LogP contribution in [0.15, 0.2) is 24.4 Å². The summed E-state index contributed by atoms with van der Waals surface area (Å²) < 4.78 is 19.3. The molecule has 2 fully saturated rings. The minimum atomic E-state index is -0.351. The second-order valence-electron chi connectivity index (χ2n) is 7.11. The Bertz CT molecular complexity index is 793. The number of H-pyrrole nitrogens is 1. The molecule has 1 aromatic heterocycles. The average molecular weight is 346 g/mol. The summed E-state index contributed by atoms with van der Waals surface area (Å²) in [6.45, 7) is 3.78. The fraction of sp³-hybridized carbons (Fsp3) is 0.526. The predicted octanol–water partition coefficient (Wildman–Crippen LogP) is 2.70. The molecule has 2 aliphatic rings. The summed E-state index contributed by atoms with van der Waals surface area (Å²) in [5, 5.41) is 10.9. The first-order valence-corrected chi connectivity index (χ1v) is 8.91. The van der Waals surface area contributed by atoms with Crippen molar-refractivity contribution in [3.8, 4) is 0 Å². The van der Waals surface area contributed by atoms with Crippen molar-refractivity contribution >= 4 is 16.8 Å². The Labute approximate surface area is 145 Å². The van der Waals surface area contributed by atoms with Crippen molar-refractivity contribution in [3.05, 3.63) is 35.8 Å². The van der Waals surface area contributed by atoms with E-state index in [1.165, 1.54) is 12.1 Å². The van der Waals surface area contributed by atoms with Gasteiger partial charge in [-0.1, -0.05) is 0 Å². The lowest BCUT2D eigenvalue weighted by atomic mass is 9.58. The number of ether oxygens (including phenoxy) is 1. The molecule has 1 saturated carbocycles. The summed E-state index contributed by atoms with van der Waals surface area (Å²) in [4.78, 5) is 17.7. The normalized spacial score (nSPS) is 25.3. The molecule has 2 aromatic rings. The van der Waals surface area contributed by atoms with Crippen LogP contribution in [0.1, 0.15) is 36.5 Å². The van der Waals surface area contributed by atoms with Gasteiger partial charge >= 0.3 is 0 Å². The minimum absolute atomic E-state index is 0.0894. The van der Waals surface area contributed by atoms with E-state index in [0.29, 0.717) is 37.1 Å². The molecular weight excluding hydrogens is 323 g/mol. The van der Waals surface area contributed by atoms with Crippen molar-refractivity contribution in [1.82, 2.24) is 9.88 Å². The Morgan fingerprint density at radius 3 is 2.88 bits per heavy atom. The number of rotatable bonds is 3. The van der Waals surface area contributed by atoms with Crippen LogP contribution in [-0.4, -0.2) is 52.8 Å². The number of nitrogens with one attached hydrogen (secondary N) is 1. The van der Waals surface area contributed by atoms with E-state index in [4.69, 9.17) is 4.74 Å². The maximum Gasteiger partial charge on any atom is 0.256 e. The number of nitrogens with zero attached hydrogens (tertiary/aromatic N) is 1. The van der Waals surface area contributed by atoms with Crippen LogP contribution in [0, 0.1) is 11.2 Å². The number of aromatic amines is 1. The molecule has 1 spiro atoms. The van der Waals surface area contributed by atoms with Crippen LogP contribution in [0.4, 0.5) is 4.39 Å². The van der Waals surface area contributed by atoms with Crippen LogP contribution in [0.25, 0.3) is 10.9 Å². The molecule has 6 heteroatoms. The molecule has 0 unspecified atom stereocenters. The van der Waals surface area contributed by atoms with Crippen molar-refractivity contribution in [3.63, 3.8) is 0 Å². The van der Waals surface area contributed by atoms with Crippen molar-refractivity contribution in [2.45, 2.75) is 38.4 Å². The van der Waals surface area contributed by atoms with Crippen molar-refractivity contribution in [1.29, 1.82) is 0 Å². The second kappa shape index (κ2) is 6.11. The third kappa shape index (κ3) is 2.55. The van der Waals surface area contributed by atoms with E-state index >= 15 is 0 Å². The summed E-state index contributed by atoms with van der Waals surface area (Å²) in [7, 11) is 0. The van der Waals surface area contributed by atoms with Gasteiger partial charge in [0.05, 0.1) is 17.8 Å². The van der Waals surface area contributed by atoms with Crippen LogP contribution in [0.3, 0.4) is 0 Å². The number of piperidine rings is 1. The highest BCUT2D eigenvalue weighted by Crippen LogP contribution is 2.51. The zero-order valence-corrected chi connectivity index (χ0v) is 14.3. The zero-order valence-electron chi connectivity index (χ0n) is 14.3. The summed E-state index contributed by atoms with van der Waals surface area (Å²) >= 11 is 0. The molecule has 25 heavy (non-hydrogen) atoms. The van der Waals surface area contributed by atoms with Gasteiger partial charge in [-0.05, 0) is 38.0 Å². The van der Waals surface area contributed by atoms with E-state index in [-0.39, 0.29) is 29.3 Å². The van der Waals surface area contributed by atoms with Gasteiger partial charge in [0.1, 0.15) is 5.82 Å². The van der Waals surface area contributed by atoms with Crippen LogP contribution in [0.2, 0.25) is 0 Å². The van der Waals surface area contributed by atoms with Gasteiger partial charge in [0, 0.05) is 48.6 Å². The number of halogens is 1. The molecular formula is C19H23FN2O3. The van der Waals surface area contributed by atoms with Gasteiger partial charge in [-0.25, -0.2) is 4.39 Å². The van der Waals surface area contributed by atoms with Gasteiger partial charge in [-0.2, -0.15) is 0 Å².